The number of nitrogens with zero attached hydrogens (tertiary/aromatic N) is 2. The van der Waals surface area contributed by atoms with Gasteiger partial charge in [-0.05, 0) is 42.5 Å². The Morgan fingerprint density at radius 3 is 2.71 bits per heavy atom. The minimum Gasteiger partial charge on any atom is -0.454 e. The third-order valence-electron chi connectivity index (χ3n) is 4.61. The summed E-state index contributed by atoms with van der Waals surface area (Å²) in [5.74, 6) is 1.45. The summed E-state index contributed by atoms with van der Waals surface area (Å²) in [5, 5.41) is 7.36. The number of nitrogens with one attached hydrogen (secondary N) is 1. The van der Waals surface area contributed by atoms with Crippen LogP contribution < -0.4 is 14.8 Å². The highest BCUT2D eigenvalue weighted by molar-refractivity contribution is 7.83. The van der Waals surface area contributed by atoms with E-state index in [1.165, 1.54) is 12.1 Å². The molecule has 5 rings (SSSR count). The van der Waals surface area contributed by atoms with Gasteiger partial charge in [0, 0.05) is 21.9 Å². The molecule has 1 N–H and O–H groups in total. The summed E-state index contributed by atoms with van der Waals surface area (Å²) in [6.45, 7) is 0.122. The van der Waals surface area contributed by atoms with E-state index < -0.39 is 10.8 Å². The van der Waals surface area contributed by atoms with Crippen LogP contribution in [0.4, 0.5) is 10.2 Å². The molecule has 2 aliphatic rings. The minimum absolute atomic E-state index is 0.122. The highest BCUT2D eigenvalue weighted by Gasteiger charge is 2.29. The Morgan fingerprint density at radius 1 is 1.11 bits per heavy atom. The van der Waals surface area contributed by atoms with Crippen molar-refractivity contribution in [3.63, 3.8) is 0 Å². The standard InChI is InChI=1S/C19H14FN3O4S/c20-12-2-4-13(5-3-12)23-18(14-8-28(25)9-15(14)22-23)21-19(24)11-1-6-16-17(7-11)27-10-26-16/h1-7H,8-10H2,(H,21,24)/t28-/m1/s1. The Labute approximate surface area is 161 Å². The van der Waals surface area contributed by atoms with Gasteiger partial charge >= 0.3 is 0 Å². The predicted molar refractivity (Wildman–Crippen MR) is 99.6 cm³/mol. The summed E-state index contributed by atoms with van der Waals surface area (Å²) in [6, 6.07) is 10.7. The second kappa shape index (κ2) is 6.45. The van der Waals surface area contributed by atoms with E-state index >= 15 is 0 Å². The lowest BCUT2D eigenvalue weighted by molar-refractivity contribution is 0.102. The summed E-state index contributed by atoms with van der Waals surface area (Å²) in [5.41, 5.74) is 2.40. The molecule has 28 heavy (non-hydrogen) atoms. The second-order valence-corrected chi connectivity index (χ2v) is 7.87. The number of carbonyl (C=O) groups excluding carboxylic acids is 1. The van der Waals surface area contributed by atoms with Crippen molar-refractivity contribution in [3.8, 4) is 17.2 Å². The molecule has 1 atom stereocenters. The number of ether oxygens (including phenoxy) is 2. The smallest absolute Gasteiger partial charge is 0.256 e. The van der Waals surface area contributed by atoms with E-state index in [4.69, 9.17) is 9.47 Å². The van der Waals surface area contributed by atoms with Crippen LogP contribution in [-0.4, -0.2) is 26.7 Å². The van der Waals surface area contributed by atoms with Crippen molar-refractivity contribution >= 4 is 22.5 Å². The number of fused-ring (bicyclic) bond motifs is 2. The summed E-state index contributed by atoms with van der Waals surface area (Å²) in [7, 11) is -1.05. The van der Waals surface area contributed by atoms with Gasteiger partial charge in [-0.2, -0.15) is 5.10 Å². The van der Waals surface area contributed by atoms with Crippen molar-refractivity contribution in [3.05, 3.63) is 65.1 Å². The van der Waals surface area contributed by atoms with Gasteiger partial charge in [0.1, 0.15) is 11.6 Å². The zero-order chi connectivity index (χ0) is 19.3. The lowest BCUT2D eigenvalue weighted by Crippen LogP contribution is -2.16. The third kappa shape index (κ3) is 2.84. The fourth-order valence-corrected chi connectivity index (χ4v) is 4.51. The Morgan fingerprint density at radius 2 is 1.89 bits per heavy atom. The van der Waals surface area contributed by atoms with Gasteiger partial charge in [-0.15, -0.1) is 0 Å². The average molecular weight is 399 g/mol. The molecular formula is C19H14FN3O4S. The van der Waals surface area contributed by atoms with Crippen LogP contribution in [-0.2, 0) is 22.3 Å². The van der Waals surface area contributed by atoms with Crippen LogP contribution >= 0.6 is 0 Å². The first-order chi connectivity index (χ1) is 13.6. The molecule has 0 saturated heterocycles. The Bertz CT molecular complexity index is 1130. The van der Waals surface area contributed by atoms with E-state index in [-0.39, 0.29) is 18.5 Å². The molecule has 7 nitrogen and oxygen atoms in total. The van der Waals surface area contributed by atoms with E-state index in [9.17, 15) is 13.4 Å². The van der Waals surface area contributed by atoms with Crippen LogP contribution in [0.15, 0.2) is 42.5 Å². The fourth-order valence-electron chi connectivity index (χ4n) is 3.24. The first-order valence-corrected chi connectivity index (χ1v) is 10.00. The predicted octanol–water partition coefficient (Wildman–Crippen LogP) is 2.75. The van der Waals surface area contributed by atoms with Crippen LogP contribution in [0.2, 0.25) is 0 Å². The maximum absolute atomic E-state index is 13.3. The second-order valence-electron chi connectivity index (χ2n) is 6.41. The van der Waals surface area contributed by atoms with Gasteiger partial charge < -0.3 is 14.8 Å². The van der Waals surface area contributed by atoms with Crippen molar-refractivity contribution < 1.29 is 22.9 Å². The van der Waals surface area contributed by atoms with Crippen molar-refractivity contribution in [2.45, 2.75) is 11.5 Å². The Hall–Kier alpha value is -3.20. The monoisotopic (exact) mass is 399 g/mol. The van der Waals surface area contributed by atoms with E-state index in [2.05, 4.69) is 10.4 Å². The number of rotatable bonds is 3. The maximum Gasteiger partial charge on any atom is 0.256 e. The molecule has 0 fully saturated rings. The minimum atomic E-state index is -1.05. The molecular weight excluding hydrogens is 385 g/mol. The number of anilines is 1. The van der Waals surface area contributed by atoms with Crippen LogP contribution in [0.3, 0.4) is 0 Å². The van der Waals surface area contributed by atoms with E-state index in [0.29, 0.717) is 45.8 Å². The van der Waals surface area contributed by atoms with Crippen LogP contribution in [0.1, 0.15) is 21.6 Å². The molecule has 0 saturated carbocycles. The molecule has 0 radical (unpaired) electrons. The molecule has 1 amide bonds. The molecule has 2 aromatic carbocycles. The molecule has 0 unspecified atom stereocenters. The Kier molecular flexibility index (Phi) is 3.90. The van der Waals surface area contributed by atoms with Crippen LogP contribution in [0, 0.1) is 5.82 Å². The normalized spacial score (nSPS) is 16.8. The molecule has 0 aliphatic carbocycles. The Balaban J connectivity index is 1.52. The number of hydrogen-bond acceptors (Lipinski definition) is 5. The van der Waals surface area contributed by atoms with Crippen molar-refractivity contribution in [2.24, 2.45) is 0 Å². The first-order valence-electron chi connectivity index (χ1n) is 8.51. The van der Waals surface area contributed by atoms with Crippen molar-refractivity contribution in [1.29, 1.82) is 0 Å². The molecule has 0 spiro atoms. The lowest BCUT2D eigenvalue weighted by Gasteiger charge is -2.11. The van der Waals surface area contributed by atoms with Crippen molar-refractivity contribution in [1.82, 2.24) is 9.78 Å². The van der Waals surface area contributed by atoms with Crippen molar-refractivity contribution in [2.75, 3.05) is 12.1 Å². The number of benzene rings is 2. The zero-order valence-electron chi connectivity index (χ0n) is 14.5. The molecule has 1 aromatic heterocycles. The molecule has 142 valence electrons. The first kappa shape index (κ1) is 16.9. The highest BCUT2D eigenvalue weighted by atomic mass is 32.2. The number of aromatic nitrogens is 2. The van der Waals surface area contributed by atoms with Gasteiger partial charge in [0.05, 0.1) is 22.9 Å². The summed E-state index contributed by atoms with van der Waals surface area (Å²) < 4.78 is 37.4. The quantitative estimate of drug-likeness (QED) is 0.732. The van der Waals surface area contributed by atoms with E-state index in [1.807, 2.05) is 0 Å². The lowest BCUT2D eigenvalue weighted by atomic mass is 10.2. The van der Waals surface area contributed by atoms with E-state index in [1.54, 1.807) is 35.0 Å². The summed E-state index contributed by atoms with van der Waals surface area (Å²) >= 11 is 0. The number of amides is 1. The summed E-state index contributed by atoms with van der Waals surface area (Å²) in [6.07, 6.45) is 0. The molecule has 2 aliphatic heterocycles. The highest BCUT2D eigenvalue weighted by Crippen LogP contribution is 2.34. The number of carbonyl (C=O) groups is 1. The average Bonchev–Trinajstić information content (AvgIpc) is 3.37. The number of hydrogen-bond donors (Lipinski definition) is 1. The molecule has 3 aromatic rings. The fraction of sp³-hybridized carbons (Fsp3) is 0.158. The number of halogens is 1. The molecule has 0 bridgehead atoms. The SMILES string of the molecule is O=C(Nc1c2c(nn1-c1ccc(F)cc1)C[S@](=O)C2)c1ccc2c(c1)OCO2. The van der Waals surface area contributed by atoms with Crippen LogP contribution in [0.25, 0.3) is 5.69 Å². The third-order valence-corrected chi connectivity index (χ3v) is 5.81. The topological polar surface area (TPSA) is 82.5 Å². The van der Waals surface area contributed by atoms with Crippen LogP contribution in [0.5, 0.6) is 11.5 Å². The van der Waals surface area contributed by atoms with Gasteiger partial charge in [-0.3, -0.25) is 9.00 Å². The summed E-state index contributed by atoms with van der Waals surface area (Å²) in [4.78, 5) is 12.8. The molecule has 3 heterocycles. The van der Waals surface area contributed by atoms with Gasteiger partial charge in [0.25, 0.3) is 5.91 Å². The van der Waals surface area contributed by atoms with E-state index in [0.717, 1.165) is 5.56 Å². The van der Waals surface area contributed by atoms with Gasteiger partial charge in [-0.1, -0.05) is 0 Å². The largest absolute Gasteiger partial charge is 0.454 e. The van der Waals surface area contributed by atoms with Gasteiger partial charge in [0.2, 0.25) is 6.79 Å². The zero-order valence-corrected chi connectivity index (χ0v) is 15.3. The maximum atomic E-state index is 13.3. The van der Waals surface area contributed by atoms with Gasteiger partial charge in [-0.25, -0.2) is 9.07 Å². The van der Waals surface area contributed by atoms with Gasteiger partial charge in [0.15, 0.2) is 11.5 Å². The molecule has 9 heteroatoms.